The number of benzene rings is 1. The third-order valence-electron chi connectivity index (χ3n) is 7.65. The lowest BCUT2D eigenvalue weighted by molar-refractivity contribution is 0.0315. The van der Waals surface area contributed by atoms with Crippen molar-refractivity contribution in [3.63, 3.8) is 0 Å². The molecule has 37 heavy (non-hydrogen) atoms. The van der Waals surface area contributed by atoms with E-state index in [1.807, 2.05) is 24.3 Å². The zero-order chi connectivity index (χ0) is 26.1. The Hall–Kier alpha value is -2.13. The number of nitrogens with zero attached hydrogens (tertiary/aromatic N) is 3. The summed E-state index contributed by atoms with van der Waals surface area (Å²) in [5.41, 5.74) is 0.878. The zero-order valence-electron chi connectivity index (χ0n) is 22.2. The summed E-state index contributed by atoms with van der Waals surface area (Å²) in [5.74, 6) is 3.64. The average molecular weight is 532 g/mol. The van der Waals surface area contributed by atoms with E-state index in [-0.39, 0.29) is 12.0 Å². The molecule has 0 bridgehead atoms. The SMILES string of the molecule is CNCC(O)COc1cccc(-c2nc(NCC3(CCl)CCOCC3)cc(N(C)C3CCCCC3)n2)c1. The van der Waals surface area contributed by atoms with E-state index in [4.69, 9.17) is 31.0 Å². The highest BCUT2D eigenvalue weighted by molar-refractivity contribution is 6.18. The van der Waals surface area contributed by atoms with Crippen LogP contribution in [0.5, 0.6) is 5.75 Å². The predicted molar refractivity (Wildman–Crippen MR) is 150 cm³/mol. The van der Waals surface area contributed by atoms with E-state index < -0.39 is 6.10 Å². The standard InChI is InChI=1S/C28H42ClN5O3/c1-30-17-23(35)18-37-24-10-6-7-21(15-24)27-32-25(31-20-28(19-29)11-13-36-14-12-28)16-26(33-27)34(2)22-8-4-3-5-9-22/h6-7,10,15-16,22-23,30,35H,3-5,8-9,11-14,17-20H2,1-2H3,(H,31,32,33). The number of ether oxygens (including phenoxy) is 2. The van der Waals surface area contributed by atoms with Crippen molar-refractivity contribution in [3.8, 4) is 17.1 Å². The van der Waals surface area contributed by atoms with Crippen LogP contribution in [-0.4, -0.2) is 80.1 Å². The molecular weight excluding hydrogens is 490 g/mol. The van der Waals surface area contributed by atoms with Gasteiger partial charge < -0.3 is 30.1 Å². The van der Waals surface area contributed by atoms with Crippen molar-refractivity contribution in [1.82, 2.24) is 15.3 Å². The minimum Gasteiger partial charge on any atom is -0.491 e. The van der Waals surface area contributed by atoms with Crippen LogP contribution in [-0.2, 0) is 4.74 Å². The number of aliphatic hydroxyl groups excluding tert-OH is 1. The highest BCUT2D eigenvalue weighted by Gasteiger charge is 2.32. The number of aromatic nitrogens is 2. The summed E-state index contributed by atoms with van der Waals surface area (Å²) in [5, 5.41) is 16.6. The van der Waals surface area contributed by atoms with Crippen molar-refractivity contribution < 1.29 is 14.6 Å². The monoisotopic (exact) mass is 531 g/mol. The molecule has 3 N–H and O–H groups in total. The fraction of sp³-hybridized carbons (Fsp3) is 0.643. The molecule has 1 aromatic heterocycles. The molecule has 0 radical (unpaired) electrons. The Morgan fingerprint density at radius 2 is 1.97 bits per heavy atom. The Bertz CT molecular complexity index is 982. The van der Waals surface area contributed by atoms with Gasteiger partial charge in [0.05, 0.1) is 0 Å². The predicted octanol–water partition coefficient (Wildman–Crippen LogP) is 4.32. The van der Waals surface area contributed by atoms with E-state index in [0.717, 1.165) is 49.8 Å². The number of hydrogen-bond donors (Lipinski definition) is 3. The maximum absolute atomic E-state index is 10.0. The number of nitrogens with one attached hydrogen (secondary N) is 2. The fourth-order valence-corrected chi connectivity index (χ4v) is 5.50. The maximum atomic E-state index is 10.0. The van der Waals surface area contributed by atoms with Gasteiger partial charge in [0, 0.05) is 62.3 Å². The van der Waals surface area contributed by atoms with Crippen molar-refractivity contribution in [2.45, 2.75) is 57.1 Å². The number of alkyl halides is 1. The van der Waals surface area contributed by atoms with Gasteiger partial charge in [-0.1, -0.05) is 31.4 Å². The average Bonchev–Trinajstić information content (AvgIpc) is 2.96. The van der Waals surface area contributed by atoms with Gasteiger partial charge in [-0.2, -0.15) is 0 Å². The van der Waals surface area contributed by atoms with Crippen LogP contribution < -0.4 is 20.3 Å². The first-order valence-corrected chi connectivity index (χ1v) is 14.1. The van der Waals surface area contributed by atoms with Crippen molar-refractivity contribution >= 4 is 23.2 Å². The molecule has 1 aromatic carbocycles. The van der Waals surface area contributed by atoms with Gasteiger partial charge >= 0.3 is 0 Å². The summed E-state index contributed by atoms with van der Waals surface area (Å²) in [6, 6.07) is 10.3. The molecule has 2 aliphatic rings. The lowest BCUT2D eigenvalue weighted by atomic mass is 9.82. The lowest BCUT2D eigenvalue weighted by Gasteiger charge is -2.36. The van der Waals surface area contributed by atoms with E-state index in [2.05, 4.69) is 28.6 Å². The Morgan fingerprint density at radius 1 is 1.19 bits per heavy atom. The third-order valence-corrected chi connectivity index (χ3v) is 8.22. The number of anilines is 2. The van der Waals surface area contributed by atoms with Crippen LogP contribution in [0, 0.1) is 5.41 Å². The fourth-order valence-electron chi connectivity index (χ4n) is 5.14. The van der Waals surface area contributed by atoms with Crippen LogP contribution in [0.15, 0.2) is 30.3 Å². The van der Waals surface area contributed by atoms with Crippen molar-refractivity contribution in [3.05, 3.63) is 30.3 Å². The van der Waals surface area contributed by atoms with Crippen LogP contribution in [0.25, 0.3) is 11.4 Å². The molecule has 1 unspecified atom stereocenters. The molecule has 1 saturated carbocycles. The Kier molecular flexibility index (Phi) is 10.3. The minimum atomic E-state index is -0.576. The van der Waals surface area contributed by atoms with Crippen LogP contribution in [0.4, 0.5) is 11.6 Å². The van der Waals surface area contributed by atoms with E-state index in [1.54, 1.807) is 7.05 Å². The van der Waals surface area contributed by atoms with Gasteiger partial charge in [0.25, 0.3) is 0 Å². The summed E-state index contributed by atoms with van der Waals surface area (Å²) in [6.07, 6.45) is 7.51. The van der Waals surface area contributed by atoms with E-state index in [0.29, 0.717) is 30.0 Å². The van der Waals surface area contributed by atoms with Crippen LogP contribution in [0.2, 0.25) is 0 Å². The van der Waals surface area contributed by atoms with Crippen LogP contribution in [0.1, 0.15) is 44.9 Å². The number of aliphatic hydroxyl groups is 1. The summed E-state index contributed by atoms with van der Waals surface area (Å²) in [4.78, 5) is 12.2. The topological polar surface area (TPSA) is 91.8 Å². The normalized spacial score (nSPS) is 18.8. The summed E-state index contributed by atoms with van der Waals surface area (Å²) >= 11 is 6.43. The number of likely N-dealkylation sites (N-methyl/N-ethyl adjacent to an activating group) is 1. The molecule has 8 nitrogen and oxygen atoms in total. The van der Waals surface area contributed by atoms with E-state index >= 15 is 0 Å². The van der Waals surface area contributed by atoms with Crippen molar-refractivity contribution in [1.29, 1.82) is 0 Å². The van der Waals surface area contributed by atoms with E-state index in [1.165, 1.54) is 32.1 Å². The Labute approximate surface area is 226 Å². The van der Waals surface area contributed by atoms with Gasteiger partial charge in [0.15, 0.2) is 5.82 Å². The Morgan fingerprint density at radius 3 is 2.70 bits per heavy atom. The van der Waals surface area contributed by atoms with Crippen LogP contribution >= 0.6 is 11.6 Å². The minimum absolute atomic E-state index is 0.00227. The van der Waals surface area contributed by atoms with E-state index in [9.17, 15) is 5.11 Å². The molecule has 1 saturated heterocycles. The second kappa shape index (κ2) is 13.6. The first kappa shape index (κ1) is 27.9. The zero-order valence-corrected chi connectivity index (χ0v) is 23.0. The highest BCUT2D eigenvalue weighted by atomic mass is 35.5. The molecule has 2 heterocycles. The molecular formula is C28H42ClN5O3. The first-order chi connectivity index (χ1) is 18.0. The molecule has 2 fully saturated rings. The molecule has 4 rings (SSSR count). The first-order valence-electron chi connectivity index (χ1n) is 13.6. The molecule has 1 atom stereocenters. The number of hydrogen-bond acceptors (Lipinski definition) is 8. The van der Waals surface area contributed by atoms with Crippen LogP contribution in [0.3, 0.4) is 0 Å². The summed E-state index contributed by atoms with van der Waals surface area (Å²) in [6.45, 7) is 2.93. The summed E-state index contributed by atoms with van der Waals surface area (Å²) in [7, 11) is 3.95. The molecule has 1 aliphatic heterocycles. The Balaban J connectivity index is 1.58. The van der Waals surface area contributed by atoms with Gasteiger partial charge in [-0.15, -0.1) is 11.6 Å². The smallest absolute Gasteiger partial charge is 0.163 e. The van der Waals surface area contributed by atoms with Gasteiger partial charge in [0.2, 0.25) is 0 Å². The molecule has 0 spiro atoms. The largest absolute Gasteiger partial charge is 0.491 e. The molecule has 0 amide bonds. The van der Waals surface area contributed by atoms with Gasteiger partial charge in [0.1, 0.15) is 30.1 Å². The maximum Gasteiger partial charge on any atom is 0.163 e. The second-order valence-electron chi connectivity index (χ2n) is 10.5. The molecule has 1 aliphatic carbocycles. The van der Waals surface area contributed by atoms with Gasteiger partial charge in [-0.05, 0) is 44.9 Å². The third kappa shape index (κ3) is 7.69. The highest BCUT2D eigenvalue weighted by Crippen LogP contribution is 2.33. The van der Waals surface area contributed by atoms with Gasteiger partial charge in [-0.3, -0.25) is 0 Å². The molecule has 9 heteroatoms. The quantitative estimate of drug-likeness (QED) is 0.349. The molecule has 2 aromatic rings. The second-order valence-corrected chi connectivity index (χ2v) is 10.8. The number of halogens is 1. The summed E-state index contributed by atoms with van der Waals surface area (Å²) < 4.78 is 11.4. The van der Waals surface area contributed by atoms with Crippen molar-refractivity contribution in [2.75, 3.05) is 63.1 Å². The number of rotatable bonds is 12. The van der Waals surface area contributed by atoms with Crippen molar-refractivity contribution in [2.24, 2.45) is 5.41 Å². The lowest BCUT2D eigenvalue weighted by Crippen LogP contribution is -2.38. The molecule has 204 valence electrons. The van der Waals surface area contributed by atoms with Gasteiger partial charge in [-0.25, -0.2) is 9.97 Å².